The second kappa shape index (κ2) is 22.7. The maximum absolute atomic E-state index is 2.25. The first-order valence-corrected chi connectivity index (χ1v) is 5.92. The van der Waals surface area contributed by atoms with Crippen molar-refractivity contribution in [2.24, 2.45) is 0 Å². The van der Waals surface area contributed by atoms with E-state index in [1.165, 1.54) is 32.2 Å². The Morgan fingerprint density at radius 3 is 1.54 bits per heavy atom. The molecule has 0 saturated carbocycles. The van der Waals surface area contributed by atoms with E-state index in [2.05, 4.69) is 25.9 Å². The smallest absolute Gasteiger partial charge is 0.00248 e. The molecule has 0 aromatic heterocycles. The van der Waals surface area contributed by atoms with Crippen LogP contribution in [0.15, 0.2) is 0 Å². The summed E-state index contributed by atoms with van der Waals surface area (Å²) in [5.74, 6) is 0. The highest BCUT2D eigenvalue weighted by atomic mass is 15.0. The highest BCUT2D eigenvalue weighted by molar-refractivity contribution is 4.44. The lowest BCUT2D eigenvalue weighted by atomic mass is 10.2. The van der Waals surface area contributed by atoms with Gasteiger partial charge in [0.15, 0.2) is 0 Å². The summed E-state index contributed by atoms with van der Waals surface area (Å²) in [6.07, 6.45) is 5.50. The van der Waals surface area contributed by atoms with Gasteiger partial charge in [0.1, 0.15) is 0 Å². The van der Waals surface area contributed by atoms with E-state index in [0.717, 1.165) is 0 Å². The second-order valence-corrected chi connectivity index (χ2v) is 2.86. The molecule has 0 saturated heterocycles. The lowest BCUT2D eigenvalue weighted by molar-refractivity contribution is 0.391. The van der Waals surface area contributed by atoms with E-state index in [1.807, 2.05) is 27.7 Å². The second-order valence-electron chi connectivity index (χ2n) is 2.86. The summed E-state index contributed by atoms with van der Waals surface area (Å²) < 4.78 is 0. The molecule has 1 heteroatoms. The van der Waals surface area contributed by atoms with E-state index in [-0.39, 0.29) is 0 Å². The molecule has 0 spiro atoms. The molecule has 0 N–H and O–H groups in total. The number of unbranched alkanes of at least 4 members (excludes halogenated alkanes) is 3. The summed E-state index contributed by atoms with van der Waals surface area (Å²) in [6, 6.07) is 0. The SMILES string of the molecule is CC.CC.CCCCCCN(C)C. The standard InChI is InChI=1S/C8H19N.2C2H6/c1-4-5-6-7-8-9(2)3;2*1-2/h4-8H2,1-3H3;2*1-2H3. The van der Waals surface area contributed by atoms with E-state index in [1.54, 1.807) is 0 Å². The Hall–Kier alpha value is -0.0400. The Morgan fingerprint density at radius 2 is 1.23 bits per heavy atom. The van der Waals surface area contributed by atoms with Gasteiger partial charge in [0.05, 0.1) is 0 Å². The van der Waals surface area contributed by atoms with E-state index >= 15 is 0 Å². The van der Waals surface area contributed by atoms with Crippen molar-refractivity contribution in [3.8, 4) is 0 Å². The van der Waals surface area contributed by atoms with Gasteiger partial charge in [-0.1, -0.05) is 53.9 Å². The molecule has 0 aromatic carbocycles. The Balaban J connectivity index is -0.000000218. The van der Waals surface area contributed by atoms with Crippen LogP contribution in [0, 0.1) is 0 Å². The molecule has 0 rings (SSSR count). The molecule has 84 valence electrons. The third-order valence-electron chi connectivity index (χ3n) is 1.46. The van der Waals surface area contributed by atoms with Crippen LogP contribution >= 0.6 is 0 Å². The summed E-state index contributed by atoms with van der Waals surface area (Å²) in [5.41, 5.74) is 0. The number of hydrogen-bond acceptors (Lipinski definition) is 1. The molecule has 0 fully saturated rings. The molecule has 0 radical (unpaired) electrons. The number of hydrogen-bond donors (Lipinski definition) is 0. The van der Waals surface area contributed by atoms with Crippen LogP contribution in [0.2, 0.25) is 0 Å². The Morgan fingerprint density at radius 1 is 0.769 bits per heavy atom. The van der Waals surface area contributed by atoms with Crippen molar-refractivity contribution in [1.29, 1.82) is 0 Å². The molecule has 13 heavy (non-hydrogen) atoms. The van der Waals surface area contributed by atoms with Crippen molar-refractivity contribution in [1.82, 2.24) is 4.90 Å². The van der Waals surface area contributed by atoms with Crippen molar-refractivity contribution < 1.29 is 0 Å². The molecule has 1 nitrogen and oxygen atoms in total. The van der Waals surface area contributed by atoms with Crippen LogP contribution in [0.4, 0.5) is 0 Å². The predicted octanol–water partition coefficient (Wildman–Crippen LogP) is 4.18. The summed E-state index contributed by atoms with van der Waals surface area (Å²) in [4.78, 5) is 2.25. The lowest BCUT2D eigenvalue weighted by Crippen LogP contribution is -2.12. The van der Waals surface area contributed by atoms with Crippen molar-refractivity contribution in [3.63, 3.8) is 0 Å². The van der Waals surface area contributed by atoms with Gasteiger partial charge in [0.2, 0.25) is 0 Å². The maximum atomic E-state index is 2.25. The van der Waals surface area contributed by atoms with Gasteiger partial charge in [0, 0.05) is 0 Å². The quantitative estimate of drug-likeness (QED) is 0.586. The van der Waals surface area contributed by atoms with Gasteiger partial charge < -0.3 is 4.90 Å². The third-order valence-corrected chi connectivity index (χ3v) is 1.46. The first-order valence-electron chi connectivity index (χ1n) is 5.92. The minimum atomic E-state index is 1.25. The van der Waals surface area contributed by atoms with Crippen molar-refractivity contribution in [3.05, 3.63) is 0 Å². The Kier molecular flexibility index (Phi) is 32.6. The Bertz CT molecular complexity index is 51.1. The number of rotatable bonds is 5. The average molecular weight is 189 g/mol. The normalized spacial score (nSPS) is 8.31. The zero-order valence-corrected chi connectivity index (χ0v) is 11.0. The lowest BCUT2D eigenvalue weighted by Gasteiger charge is -2.07. The molecule has 0 aliphatic rings. The van der Waals surface area contributed by atoms with Gasteiger partial charge in [-0.15, -0.1) is 0 Å². The zero-order chi connectivity index (χ0) is 11.1. The Labute approximate surface area is 86.5 Å². The van der Waals surface area contributed by atoms with Crippen LogP contribution in [0.25, 0.3) is 0 Å². The molecule has 0 bridgehead atoms. The minimum absolute atomic E-state index is 1.25. The molecule has 0 atom stereocenters. The molecular weight excluding hydrogens is 158 g/mol. The van der Waals surface area contributed by atoms with E-state index in [0.29, 0.717) is 0 Å². The van der Waals surface area contributed by atoms with Gasteiger partial charge in [-0.25, -0.2) is 0 Å². The van der Waals surface area contributed by atoms with Crippen LogP contribution in [0.5, 0.6) is 0 Å². The first kappa shape index (κ1) is 18.7. The molecule has 0 amide bonds. The molecule has 0 unspecified atom stereocenters. The predicted molar refractivity (Wildman–Crippen MR) is 65.4 cm³/mol. The fourth-order valence-electron chi connectivity index (χ4n) is 0.855. The minimum Gasteiger partial charge on any atom is -0.309 e. The summed E-state index contributed by atoms with van der Waals surface area (Å²) in [6.45, 7) is 11.5. The van der Waals surface area contributed by atoms with Crippen LogP contribution in [0.3, 0.4) is 0 Å². The number of nitrogens with zero attached hydrogens (tertiary/aromatic N) is 1. The molecule has 0 heterocycles. The van der Waals surface area contributed by atoms with Crippen molar-refractivity contribution >= 4 is 0 Å². The average Bonchev–Trinajstić information content (AvgIpc) is 2.19. The molecular formula is C12H31N. The van der Waals surface area contributed by atoms with Crippen LogP contribution in [0.1, 0.15) is 60.3 Å². The fraction of sp³-hybridized carbons (Fsp3) is 1.00. The topological polar surface area (TPSA) is 3.24 Å². The van der Waals surface area contributed by atoms with E-state index in [9.17, 15) is 0 Å². The van der Waals surface area contributed by atoms with Crippen LogP contribution in [-0.2, 0) is 0 Å². The summed E-state index contributed by atoms with van der Waals surface area (Å²) in [5, 5.41) is 0. The van der Waals surface area contributed by atoms with E-state index in [4.69, 9.17) is 0 Å². The van der Waals surface area contributed by atoms with Crippen LogP contribution < -0.4 is 0 Å². The molecule has 0 aliphatic heterocycles. The van der Waals surface area contributed by atoms with Crippen LogP contribution in [-0.4, -0.2) is 25.5 Å². The third kappa shape index (κ3) is 33.4. The highest BCUT2D eigenvalue weighted by Gasteiger charge is 1.88. The monoisotopic (exact) mass is 189 g/mol. The first-order chi connectivity index (χ1) is 6.27. The highest BCUT2D eigenvalue weighted by Crippen LogP contribution is 1.98. The summed E-state index contributed by atoms with van der Waals surface area (Å²) >= 11 is 0. The van der Waals surface area contributed by atoms with E-state index < -0.39 is 0 Å². The zero-order valence-electron chi connectivity index (χ0n) is 11.0. The van der Waals surface area contributed by atoms with Gasteiger partial charge in [-0.05, 0) is 27.1 Å². The maximum Gasteiger partial charge on any atom is -0.00248 e. The van der Waals surface area contributed by atoms with Gasteiger partial charge in [-0.3, -0.25) is 0 Å². The van der Waals surface area contributed by atoms with Gasteiger partial charge in [-0.2, -0.15) is 0 Å². The largest absolute Gasteiger partial charge is 0.309 e. The van der Waals surface area contributed by atoms with Gasteiger partial charge >= 0.3 is 0 Å². The fourth-order valence-corrected chi connectivity index (χ4v) is 0.855. The molecule has 0 aliphatic carbocycles. The van der Waals surface area contributed by atoms with Crippen molar-refractivity contribution in [2.75, 3.05) is 20.6 Å². The van der Waals surface area contributed by atoms with Gasteiger partial charge in [0.25, 0.3) is 0 Å². The van der Waals surface area contributed by atoms with Crippen molar-refractivity contribution in [2.45, 2.75) is 60.3 Å². The molecule has 0 aromatic rings. The summed E-state index contributed by atoms with van der Waals surface area (Å²) in [7, 11) is 4.26.